The molecule has 1 aromatic heterocycles. The van der Waals surface area contributed by atoms with Crippen molar-refractivity contribution in [2.75, 3.05) is 32.7 Å². The molecule has 0 radical (unpaired) electrons. The molecule has 1 unspecified atom stereocenters. The van der Waals surface area contributed by atoms with Crippen LogP contribution < -0.4 is 16.1 Å². The van der Waals surface area contributed by atoms with Crippen LogP contribution in [0.15, 0.2) is 29.1 Å². The van der Waals surface area contributed by atoms with Gasteiger partial charge in [-0.3, -0.25) is 19.2 Å². The fourth-order valence-electron chi connectivity index (χ4n) is 3.35. The van der Waals surface area contributed by atoms with E-state index in [2.05, 4.69) is 15.7 Å². The van der Waals surface area contributed by atoms with Crippen LogP contribution in [0.4, 0.5) is 13.2 Å². The zero-order valence-electron chi connectivity index (χ0n) is 15.4. The van der Waals surface area contributed by atoms with Crippen molar-refractivity contribution in [2.24, 2.45) is 0 Å². The first-order chi connectivity index (χ1) is 13.3. The minimum absolute atomic E-state index is 0.233. The molecular weight excluding hydrogens is 375 g/mol. The van der Waals surface area contributed by atoms with Gasteiger partial charge >= 0.3 is 6.18 Å². The summed E-state index contributed by atoms with van der Waals surface area (Å²) in [5.74, 6) is -0.901. The average molecular weight is 397 g/mol. The molecule has 10 heteroatoms. The second kappa shape index (κ2) is 8.27. The van der Waals surface area contributed by atoms with Crippen LogP contribution in [0.5, 0.6) is 0 Å². The van der Waals surface area contributed by atoms with Gasteiger partial charge < -0.3 is 10.6 Å². The van der Waals surface area contributed by atoms with Crippen molar-refractivity contribution in [1.29, 1.82) is 0 Å². The number of carbonyl (C=O) groups excluding carboxylic acids is 1. The number of rotatable bonds is 5. The Hall–Kier alpha value is -2.46. The highest BCUT2D eigenvalue weighted by Crippen LogP contribution is 2.24. The van der Waals surface area contributed by atoms with E-state index in [-0.39, 0.29) is 13.1 Å². The Morgan fingerprint density at radius 2 is 1.96 bits per heavy atom. The van der Waals surface area contributed by atoms with E-state index in [1.807, 2.05) is 0 Å². The van der Waals surface area contributed by atoms with Crippen molar-refractivity contribution in [3.63, 3.8) is 0 Å². The number of hydrogen-bond donors (Lipinski definition) is 2. The van der Waals surface area contributed by atoms with Crippen LogP contribution in [0.1, 0.15) is 17.4 Å². The normalized spacial score (nSPS) is 16.9. The Morgan fingerprint density at radius 3 is 2.61 bits per heavy atom. The smallest absolute Gasteiger partial charge is 0.349 e. The fraction of sp³-hybridized carbons (Fsp3) is 0.500. The number of aromatic nitrogens is 2. The largest absolute Gasteiger partial charge is 0.405 e. The summed E-state index contributed by atoms with van der Waals surface area (Å²) in [6.45, 7) is 2.95. The van der Waals surface area contributed by atoms with Crippen molar-refractivity contribution >= 4 is 16.8 Å². The molecule has 1 aromatic carbocycles. The number of alkyl halides is 3. The van der Waals surface area contributed by atoms with Gasteiger partial charge in [0.2, 0.25) is 5.43 Å². The molecule has 1 amide bonds. The molecule has 152 valence electrons. The van der Waals surface area contributed by atoms with Crippen molar-refractivity contribution in [2.45, 2.75) is 25.7 Å². The standard InChI is InChI=1S/C18H22F3N5O2/c1-2-26-13-6-4-3-5-12(13)16(27)15(24-26)17(28)23-11-14(18(19,20)21)25-9-7-22-8-10-25/h3-6,14,22H,2,7-11H2,1H3,(H,23,28). The van der Waals surface area contributed by atoms with Gasteiger partial charge in [-0.15, -0.1) is 0 Å². The summed E-state index contributed by atoms with van der Waals surface area (Å²) in [5.41, 5.74) is -0.425. The number of amides is 1. The third-order valence-electron chi connectivity index (χ3n) is 4.80. The third-order valence-corrected chi connectivity index (χ3v) is 4.80. The molecular formula is C18H22F3N5O2. The maximum absolute atomic E-state index is 13.5. The van der Waals surface area contributed by atoms with Gasteiger partial charge in [-0.1, -0.05) is 12.1 Å². The van der Waals surface area contributed by atoms with E-state index in [1.54, 1.807) is 31.2 Å². The molecule has 7 nitrogen and oxygen atoms in total. The number of aryl methyl sites for hydroxylation is 1. The van der Waals surface area contributed by atoms with Crippen LogP contribution in [-0.2, 0) is 6.54 Å². The summed E-state index contributed by atoms with van der Waals surface area (Å²) < 4.78 is 41.9. The summed E-state index contributed by atoms with van der Waals surface area (Å²) in [5, 5.41) is 9.62. The monoisotopic (exact) mass is 397 g/mol. The van der Waals surface area contributed by atoms with E-state index < -0.39 is 35.8 Å². The number of halogens is 3. The molecule has 0 spiro atoms. The quantitative estimate of drug-likeness (QED) is 0.787. The van der Waals surface area contributed by atoms with Gasteiger partial charge in [0.25, 0.3) is 5.91 Å². The SMILES string of the molecule is CCn1nc(C(=O)NCC(N2CCNCC2)C(F)(F)F)c(=O)c2ccccc21. The number of benzene rings is 1. The van der Waals surface area contributed by atoms with Crippen LogP contribution >= 0.6 is 0 Å². The zero-order chi connectivity index (χ0) is 20.3. The lowest BCUT2D eigenvalue weighted by Crippen LogP contribution is -2.57. The topological polar surface area (TPSA) is 79.3 Å². The van der Waals surface area contributed by atoms with Crippen LogP contribution in [0.3, 0.4) is 0 Å². The second-order valence-corrected chi connectivity index (χ2v) is 6.56. The minimum atomic E-state index is -4.49. The predicted molar refractivity (Wildman–Crippen MR) is 98.3 cm³/mol. The highest BCUT2D eigenvalue weighted by atomic mass is 19.4. The van der Waals surface area contributed by atoms with E-state index in [4.69, 9.17) is 0 Å². The van der Waals surface area contributed by atoms with E-state index in [9.17, 15) is 22.8 Å². The highest BCUT2D eigenvalue weighted by Gasteiger charge is 2.44. The summed E-state index contributed by atoms with van der Waals surface area (Å²) in [6.07, 6.45) is -4.49. The number of hydrogen-bond acceptors (Lipinski definition) is 5. The van der Waals surface area contributed by atoms with Gasteiger partial charge in [0, 0.05) is 44.7 Å². The summed E-state index contributed by atoms with van der Waals surface area (Å²) in [6, 6.07) is 4.87. The molecule has 28 heavy (non-hydrogen) atoms. The van der Waals surface area contributed by atoms with Crippen molar-refractivity contribution in [1.82, 2.24) is 25.3 Å². The number of fused-ring (bicyclic) bond motifs is 1. The van der Waals surface area contributed by atoms with Crippen molar-refractivity contribution in [3.05, 3.63) is 40.2 Å². The van der Waals surface area contributed by atoms with Gasteiger partial charge in [0.15, 0.2) is 5.69 Å². The number of carbonyl (C=O) groups is 1. The van der Waals surface area contributed by atoms with Gasteiger partial charge in [-0.05, 0) is 19.1 Å². The Morgan fingerprint density at radius 1 is 1.29 bits per heavy atom. The first-order valence-electron chi connectivity index (χ1n) is 9.12. The summed E-state index contributed by atoms with van der Waals surface area (Å²) in [7, 11) is 0. The molecule has 1 aliphatic rings. The third kappa shape index (κ3) is 4.17. The fourth-order valence-corrected chi connectivity index (χ4v) is 3.35. The van der Waals surface area contributed by atoms with Gasteiger partial charge in [0.05, 0.1) is 5.52 Å². The number of piperazine rings is 1. The van der Waals surface area contributed by atoms with E-state index >= 15 is 0 Å². The lowest BCUT2D eigenvalue weighted by atomic mass is 10.1. The van der Waals surface area contributed by atoms with E-state index in [1.165, 1.54) is 9.58 Å². The van der Waals surface area contributed by atoms with Crippen molar-refractivity contribution < 1.29 is 18.0 Å². The zero-order valence-corrected chi connectivity index (χ0v) is 15.4. The van der Waals surface area contributed by atoms with Crippen LogP contribution in [0.2, 0.25) is 0 Å². The van der Waals surface area contributed by atoms with E-state index in [0.29, 0.717) is 30.5 Å². The molecule has 1 fully saturated rings. The highest BCUT2D eigenvalue weighted by molar-refractivity contribution is 5.95. The van der Waals surface area contributed by atoms with Gasteiger partial charge in [-0.25, -0.2) is 0 Å². The Kier molecular flexibility index (Phi) is 5.99. The summed E-state index contributed by atoms with van der Waals surface area (Å²) >= 11 is 0. The minimum Gasteiger partial charge on any atom is -0.349 e. The van der Waals surface area contributed by atoms with Crippen LogP contribution in [-0.4, -0.2) is 65.5 Å². The molecule has 1 aliphatic heterocycles. The van der Waals surface area contributed by atoms with Crippen LogP contribution in [0.25, 0.3) is 10.9 Å². The average Bonchev–Trinajstić information content (AvgIpc) is 2.68. The number of para-hydroxylation sites is 1. The Bertz CT molecular complexity index is 906. The lowest BCUT2D eigenvalue weighted by Gasteiger charge is -2.35. The van der Waals surface area contributed by atoms with Crippen LogP contribution in [0, 0.1) is 0 Å². The molecule has 0 bridgehead atoms. The Labute approximate surface area is 159 Å². The number of nitrogens with one attached hydrogen (secondary N) is 2. The van der Waals surface area contributed by atoms with E-state index in [0.717, 1.165) is 0 Å². The predicted octanol–water partition coefficient (Wildman–Crippen LogP) is 0.982. The Balaban J connectivity index is 1.84. The maximum atomic E-state index is 13.5. The molecule has 0 saturated carbocycles. The molecule has 2 heterocycles. The molecule has 3 rings (SSSR count). The first kappa shape index (κ1) is 20.3. The lowest BCUT2D eigenvalue weighted by molar-refractivity contribution is -0.183. The van der Waals surface area contributed by atoms with Gasteiger partial charge in [0.1, 0.15) is 6.04 Å². The number of nitrogens with zero attached hydrogens (tertiary/aromatic N) is 3. The van der Waals surface area contributed by atoms with Gasteiger partial charge in [-0.2, -0.15) is 18.3 Å². The molecule has 1 atom stereocenters. The second-order valence-electron chi connectivity index (χ2n) is 6.56. The molecule has 2 N–H and O–H groups in total. The maximum Gasteiger partial charge on any atom is 0.405 e. The molecule has 1 saturated heterocycles. The first-order valence-corrected chi connectivity index (χ1v) is 9.12. The summed E-state index contributed by atoms with van der Waals surface area (Å²) in [4.78, 5) is 26.4. The molecule has 0 aliphatic carbocycles. The van der Waals surface area contributed by atoms with Crippen molar-refractivity contribution in [3.8, 4) is 0 Å². The molecule has 2 aromatic rings.